The smallest absolute Gasteiger partial charge is 0.149 e. The lowest BCUT2D eigenvalue weighted by Crippen LogP contribution is -2.49. The molecule has 4 rings (SSSR count). The molecule has 0 amide bonds. The molecule has 0 fully saturated rings. The van der Waals surface area contributed by atoms with Crippen molar-refractivity contribution in [2.45, 2.75) is 12.0 Å². The van der Waals surface area contributed by atoms with Gasteiger partial charge in [-0.1, -0.05) is 60.7 Å². The van der Waals surface area contributed by atoms with Crippen LogP contribution in [0.2, 0.25) is 0 Å². The van der Waals surface area contributed by atoms with Gasteiger partial charge in [0.25, 0.3) is 0 Å². The van der Waals surface area contributed by atoms with Crippen LogP contribution in [0.5, 0.6) is 0 Å². The first-order valence-electron chi connectivity index (χ1n) is 7.62. The van der Waals surface area contributed by atoms with Crippen LogP contribution in [0.1, 0.15) is 16.7 Å². The van der Waals surface area contributed by atoms with Crippen molar-refractivity contribution in [1.29, 1.82) is 0 Å². The Morgan fingerprint density at radius 3 is 2.55 bits per heavy atom. The van der Waals surface area contributed by atoms with Crippen LogP contribution >= 0.6 is 0 Å². The third-order valence-electron chi connectivity index (χ3n) is 4.62. The number of nitrogens with one attached hydrogen (secondary N) is 1. The summed E-state index contributed by atoms with van der Waals surface area (Å²) in [6, 6.07) is 22.7. The van der Waals surface area contributed by atoms with E-state index in [4.69, 9.17) is 0 Å². The van der Waals surface area contributed by atoms with Crippen molar-refractivity contribution in [2.24, 2.45) is 0 Å². The van der Waals surface area contributed by atoms with Gasteiger partial charge in [0, 0.05) is 6.54 Å². The second kappa shape index (κ2) is 5.08. The number of fused-ring (bicyclic) bond motifs is 2. The van der Waals surface area contributed by atoms with Crippen LogP contribution in [0.3, 0.4) is 0 Å². The van der Waals surface area contributed by atoms with Gasteiger partial charge < -0.3 is 4.79 Å². The Bertz CT molecular complexity index is 855. The maximum Gasteiger partial charge on any atom is 0.149 e. The molecule has 0 saturated heterocycles. The van der Waals surface area contributed by atoms with E-state index in [1.807, 2.05) is 24.3 Å². The van der Waals surface area contributed by atoms with Crippen molar-refractivity contribution < 1.29 is 4.79 Å². The number of aldehydes is 1. The maximum atomic E-state index is 12.1. The van der Waals surface area contributed by atoms with Crippen molar-refractivity contribution in [3.8, 4) is 0 Å². The summed E-state index contributed by atoms with van der Waals surface area (Å²) in [5.74, 6) is 0. The molecule has 0 spiro atoms. The third kappa shape index (κ3) is 1.88. The number of carbonyl (C=O) groups excluding carboxylic acids is 1. The fraction of sp³-hybridized carbons (Fsp3) is 0.150. The highest BCUT2D eigenvalue weighted by atomic mass is 16.1. The predicted molar refractivity (Wildman–Crippen MR) is 88.9 cm³/mol. The van der Waals surface area contributed by atoms with Crippen LogP contribution in [0.15, 0.2) is 66.7 Å². The molecule has 3 aromatic carbocycles. The fourth-order valence-corrected chi connectivity index (χ4v) is 3.48. The van der Waals surface area contributed by atoms with Crippen molar-refractivity contribution >= 4 is 17.1 Å². The van der Waals surface area contributed by atoms with Crippen molar-refractivity contribution in [1.82, 2.24) is 5.32 Å². The van der Waals surface area contributed by atoms with Gasteiger partial charge in [0.15, 0.2) is 0 Å². The van der Waals surface area contributed by atoms with Gasteiger partial charge in [0.2, 0.25) is 0 Å². The molecule has 2 heteroatoms. The van der Waals surface area contributed by atoms with Gasteiger partial charge in [0.1, 0.15) is 11.8 Å². The summed E-state index contributed by atoms with van der Waals surface area (Å²) in [7, 11) is 0. The maximum absolute atomic E-state index is 12.1. The minimum atomic E-state index is -0.737. The van der Waals surface area contributed by atoms with Crippen LogP contribution in [-0.4, -0.2) is 12.8 Å². The molecule has 0 bridgehead atoms. The van der Waals surface area contributed by atoms with E-state index in [-0.39, 0.29) is 0 Å². The molecule has 0 radical (unpaired) electrons. The highest BCUT2D eigenvalue weighted by Gasteiger charge is 2.37. The summed E-state index contributed by atoms with van der Waals surface area (Å²) in [5.41, 5.74) is 2.60. The van der Waals surface area contributed by atoms with E-state index in [0.29, 0.717) is 0 Å². The molecular weight excluding hydrogens is 270 g/mol. The largest absolute Gasteiger partial charge is 0.301 e. The molecule has 0 saturated carbocycles. The van der Waals surface area contributed by atoms with Gasteiger partial charge in [-0.3, -0.25) is 5.32 Å². The summed E-state index contributed by atoms with van der Waals surface area (Å²) in [5, 5.41) is 5.80. The van der Waals surface area contributed by atoms with E-state index in [2.05, 4.69) is 47.8 Å². The van der Waals surface area contributed by atoms with Gasteiger partial charge in [-0.05, 0) is 39.9 Å². The summed E-state index contributed by atoms with van der Waals surface area (Å²) >= 11 is 0. The lowest BCUT2D eigenvalue weighted by atomic mass is 9.78. The van der Waals surface area contributed by atoms with Gasteiger partial charge in [0.05, 0.1) is 0 Å². The molecule has 0 aromatic heterocycles. The number of hydrogen-bond donors (Lipinski definition) is 1. The summed E-state index contributed by atoms with van der Waals surface area (Å²) < 4.78 is 0. The Morgan fingerprint density at radius 2 is 1.68 bits per heavy atom. The molecule has 2 nitrogen and oxygen atoms in total. The molecule has 1 aliphatic rings. The van der Waals surface area contributed by atoms with Gasteiger partial charge in [-0.25, -0.2) is 0 Å². The normalized spacial score (nSPS) is 20.5. The minimum absolute atomic E-state index is 0.737. The number of hydrogen-bond acceptors (Lipinski definition) is 2. The first kappa shape index (κ1) is 13.2. The van der Waals surface area contributed by atoms with E-state index in [9.17, 15) is 4.79 Å². The second-order valence-corrected chi connectivity index (χ2v) is 5.82. The van der Waals surface area contributed by atoms with E-state index < -0.39 is 5.54 Å². The molecule has 1 aliphatic heterocycles. The molecule has 108 valence electrons. The Morgan fingerprint density at radius 1 is 0.909 bits per heavy atom. The second-order valence-electron chi connectivity index (χ2n) is 5.82. The molecule has 1 heterocycles. The molecule has 1 N–H and O–H groups in total. The molecular formula is C20H17NO. The fourth-order valence-electron chi connectivity index (χ4n) is 3.48. The number of rotatable bonds is 2. The topological polar surface area (TPSA) is 29.1 Å². The first-order chi connectivity index (χ1) is 10.8. The lowest BCUT2D eigenvalue weighted by molar-refractivity contribution is -0.112. The summed E-state index contributed by atoms with van der Waals surface area (Å²) in [4.78, 5) is 12.1. The van der Waals surface area contributed by atoms with E-state index in [1.54, 1.807) is 0 Å². The van der Waals surface area contributed by atoms with Crippen molar-refractivity contribution in [3.05, 3.63) is 83.4 Å². The Balaban J connectivity index is 1.96. The average Bonchev–Trinajstić information content (AvgIpc) is 2.60. The average molecular weight is 287 g/mol. The van der Waals surface area contributed by atoms with E-state index in [1.165, 1.54) is 10.9 Å². The van der Waals surface area contributed by atoms with Crippen LogP contribution in [-0.2, 0) is 16.8 Å². The van der Waals surface area contributed by atoms with Gasteiger partial charge >= 0.3 is 0 Å². The molecule has 1 atom stereocenters. The molecule has 3 aromatic rings. The predicted octanol–water partition coefficient (Wildman–Crippen LogP) is 3.43. The third-order valence-corrected chi connectivity index (χ3v) is 4.62. The Labute approximate surface area is 129 Å². The van der Waals surface area contributed by atoms with E-state index >= 15 is 0 Å². The van der Waals surface area contributed by atoms with E-state index in [0.717, 1.165) is 35.8 Å². The van der Waals surface area contributed by atoms with Crippen molar-refractivity contribution in [2.75, 3.05) is 6.54 Å². The Hall–Kier alpha value is -2.45. The monoisotopic (exact) mass is 287 g/mol. The van der Waals surface area contributed by atoms with Crippen LogP contribution in [0.4, 0.5) is 0 Å². The Kier molecular flexibility index (Phi) is 3.05. The SMILES string of the molecule is O=CC1(c2ccc3ccccc3c2)NCCc2ccccc21. The molecule has 0 aliphatic carbocycles. The van der Waals surface area contributed by atoms with Crippen LogP contribution in [0.25, 0.3) is 10.8 Å². The van der Waals surface area contributed by atoms with Crippen LogP contribution < -0.4 is 5.32 Å². The highest BCUT2D eigenvalue weighted by Crippen LogP contribution is 2.34. The number of carbonyl (C=O) groups is 1. The zero-order valence-electron chi connectivity index (χ0n) is 12.3. The van der Waals surface area contributed by atoms with Gasteiger partial charge in [-0.2, -0.15) is 0 Å². The zero-order valence-corrected chi connectivity index (χ0v) is 12.3. The quantitative estimate of drug-likeness (QED) is 0.732. The standard InChI is InChI=1S/C20H17NO/c22-14-20(19-8-4-3-6-16(19)11-12-21-20)18-10-9-15-5-1-2-7-17(15)13-18/h1-10,13-14,21H,11-12H2. The summed E-state index contributed by atoms with van der Waals surface area (Å²) in [6.07, 6.45) is 2.01. The minimum Gasteiger partial charge on any atom is -0.301 e. The summed E-state index contributed by atoms with van der Waals surface area (Å²) in [6.45, 7) is 0.808. The highest BCUT2D eigenvalue weighted by molar-refractivity contribution is 5.86. The zero-order chi connectivity index (χ0) is 15.0. The molecule has 1 unspecified atom stereocenters. The van der Waals surface area contributed by atoms with Crippen molar-refractivity contribution in [3.63, 3.8) is 0 Å². The van der Waals surface area contributed by atoms with Gasteiger partial charge in [-0.15, -0.1) is 0 Å². The number of benzene rings is 3. The van der Waals surface area contributed by atoms with Crippen LogP contribution in [0, 0.1) is 0 Å². The lowest BCUT2D eigenvalue weighted by Gasteiger charge is -2.36. The first-order valence-corrected chi connectivity index (χ1v) is 7.62. The molecule has 22 heavy (non-hydrogen) atoms.